The van der Waals surface area contributed by atoms with Gasteiger partial charge in [0.05, 0.1) is 17.6 Å². The fraction of sp³-hybridized carbons (Fsp3) is 0.806. The number of hydrogen-bond donors (Lipinski definition) is 1. The van der Waals surface area contributed by atoms with Gasteiger partial charge in [-0.1, -0.05) is 65.5 Å². The van der Waals surface area contributed by atoms with E-state index >= 15 is 0 Å². The highest BCUT2D eigenvalue weighted by molar-refractivity contribution is 6.05. The van der Waals surface area contributed by atoms with E-state index < -0.39 is 71.9 Å². The van der Waals surface area contributed by atoms with Gasteiger partial charge in [-0.3, -0.25) is 14.4 Å². The van der Waals surface area contributed by atoms with Crippen LogP contribution in [0.1, 0.15) is 114 Å². The maximum atomic E-state index is 14.8. The minimum absolute atomic E-state index is 0.0168. The lowest BCUT2D eigenvalue weighted by Gasteiger charge is -2.63. The topological polar surface area (TPSA) is 99.1 Å². The van der Waals surface area contributed by atoms with Crippen molar-refractivity contribution in [1.29, 1.82) is 0 Å². The highest BCUT2D eigenvalue weighted by Gasteiger charge is 2.77. The summed E-state index contributed by atoms with van der Waals surface area (Å²) >= 11 is 0. The van der Waals surface area contributed by atoms with Crippen LogP contribution in [0.2, 0.25) is 0 Å². The number of ketones is 2. The lowest BCUT2D eigenvalue weighted by atomic mass is 9.43. The molecule has 0 bridgehead atoms. The molecule has 7 nitrogen and oxygen atoms in total. The number of allylic oxidation sites excluding steroid dienone is 4. The number of Topliss-reactive ketones (excluding diaryl/α,β-unsaturated/α-hetero) is 1. The van der Waals surface area contributed by atoms with Gasteiger partial charge in [-0.2, -0.15) is 0 Å². The summed E-state index contributed by atoms with van der Waals surface area (Å²) in [5.41, 5.74) is -2.86. The van der Waals surface area contributed by atoms with E-state index in [-0.39, 0.29) is 41.8 Å². The molecule has 1 saturated heterocycles. The Morgan fingerprint density at radius 2 is 1.98 bits per heavy atom. The van der Waals surface area contributed by atoms with Crippen LogP contribution in [0.3, 0.4) is 0 Å². The summed E-state index contributed by atoms with van der Waals surface area (Å²) in [4.78, 5) is 40.7. The Bertz CT molecular complexity index is 1470. The predicted molar refractivity (Wildman–Crippen MR) is 162 cm³/mol. The first kappa shape index (κ1) is 24.4. The van der Waals surface area contributed by atoms with Crippen molar-refractivity contribution in [3.05, 3.63) is 23.3 Å². The second-order valence-electron chi connectivity index (χ2n) is 15.0. The van der Waals surface area contributed by atoms with Crippen LogP contribution in [0.25, 0.3) is 0 Å². The van der Waals surface area contributed by atoms with Crippen molar-refractivity contribution in [2.45, 2.75) is 130 Å². The SMILES string of the molecule is [2H]C([2H])([2H])C([2H])(C(=O)OCC(=O)[C@@]12O[C@H](C3CCCCC3C)O[C@@H]1C[C@H]1[C@@H]3CCC4=CC(=O)C(C)=C[C@]4(C)[C@H]3[C@@](C)(O)C[C@@]12C)C([2H])([2H])C. The molecule has 238 valence electrons. The molecule has 0 aromatic heterocycles. The molecule has 6 rings (SSSR count). The Labute approximate surface area is 265 Å². The molecule has 12 atom stereocenters. The Morgan fingerprint density at radius 1 is 1.23 bits per heavy atom. The quantitative estimate of drug-likeness (QED) is 0.366. The van der Waals surface area contributed by atoms with Crippen molar-refractivity contribution >= 4 is 17.5 Å². The molecule has 0 aromatic rings. The van der Waals surface area contributed by atoms with Crippen LogP contribution in [0.4, 0.5) is 0 Å². The molecule has 4 saturated carbocycles. The molecular formula is C36H52O7. The Hall–Kier alpha value is -1.83. The second kappa shape index (κ2) is 10.6. The van der Waals surface area contributed by atoms with Gasteiger partial charge in [0.2, 0.25) is 5.78 Å². The Morgan fingerprint density at radius 3 is 2.67 bits per heavy atom. The lowest BCUT2D eigenvalue weighted by molar-refractivity contribution is -0.230. The summed E-state index contributed by atoms with van der Waals surface area (Å²) in [5.74, 6) is -5.72. The van der Waals surface area contributed by atoms with E-state index in [1.165, 1.54) is 0 Å². The van der Waals surface area contributed by atoms with Crippen molar-refractivity contribution in [3.63, 3.8) is 0 Å². The zero-order valence-corrected chi connectivity index (χ0v) is 26.5. The molecule has 7 heteroatoms. The van der Waals surface area contributed by atoms with Gasteiger partial charge in [0.1, 0.15) is 0 Å². The standard InChI is InChI=1S/C36H52O7/c1-8-20(2)31(39)41-18-28(38)36-29(42-32(43-36)24-12-10-9-11-21(24)3)16-26-25-14-13-23-15-27(37)22(4)17-33(23,5)30(25)35(7,40)19-34(26,36)6/h15,17,20-21,24-26,29-30,32,40H,8-14,16,18-19H2,1-7H3/t20?,21?,24?,25-,26-,29+,30-,32+,33-,34-,35-,36+/m0/s1/i2D3,8D2,20D. The fourth-order valence-corrected chi connectivity index (χ4v) is 10.9. The van der Waals surface area contributed by atoms with Crippen molar-refractivity contribution in [3.8, 4) is 0 Å². The average Bonchev–Trinajstić information content (AvgIpc) is 3.47. The van der Waals surface area contributed by atoms with Gasteiger partial charge in [0.25, 0.3) is 0 Å². The van der Waals surface area contributed by atoms with E-state index in [0.717, 1.165) is 38.2 Å². The minimum Gasteiger partial charge on any atom is -0.457 e. The molecule has 0 radical (unpaired) electrons. The Balaban J connectivity index is 1.39. The number of fused-ring (bicyclic) bond motifs is 7. The van der Waals surface area contributed by atoms with E-state index in [9.17, 15) is 19.5 Å². The largest absolute Gasteiger partial charge is 0.457 e. The second-order valence-corrected chi connectivity index (χ2v) is 15.0. The average molecular weight is 603 g/mol. The normalized spacial score (nSPS) is 51.2. The van der Waals surface area contributed by atoms with Gasteiger partial charge < -0.3 is 19.3 Å². The number of carbonyl (C=O) groups is 3. The van der Waals surface area contributed by atoms with Crippen LogP contribution < -0.4 is 0 Å². The molecule has 1 aliphatic heterocycles. The number of esters is 1. The van der Waals surface area contributed by atoms with Crippen molar-refractivity contribution in [2.75, 3.05) is 6.61 Å². The molecule has 3 unspecified atom stereocenters. The molecule has 0 spiro atoms. The molecule has 1 N–H and O–H groups in total. The summed E-state index contributed by atoms with van der Waals surface area (Å²) in [6, 6.07) is 0. The molecule has 0 amide bonds. The summed E-state index contributed by atoms with van der Waals surface area (Å²) < 4.78 is 66.9. The molecular weight excluding hydrogens is 544 g/mol. The first-order chi connectivity index (χ1) is 22.5. The highest BCUT2D eigenvalue weighted by atomic mass is 16.7. The third-order valence-electron chi connectivity index (χ3n) is 12.6. The van der Waals surface area contributed by atoms with Crippen LogP contribution in [0.5, 0.6) is 0 Å². The van der Waals surface area contributed by atoms with E-state index in [2.05, 4.69) is 13.8 Å². The van der Waals surface area contributed by atoms with Gasteiger partial charge in [-0.15, -0.1) is 0 Å². The third-order valence-corrected chi connectivity index (χ3v) is 12.6. The fourth-order valence-electron chi connectivity index (χ4n) is 10.9. The molecule has 1 heterocycles. The van der Waals surface area contributed by atoms with Gasteiger partial charge in [-0.25, -0.2) is 0 Å². The van der Waals surface area contributed by atoms with E-state index in [4.69, 9.17) is 22.4 Å². The summed E-state index contributed by atoms with van der Waals surface area (Å²) in [6.07, 6.45) is 5.47. The highest BCUT2D eigenvalue weighted by Crippen LogP contribution is 2.72. The maximum Gasteiger partial charge on any atom is 0.309 e. The van der Waals surface area contributed by atoms with E-state index in [1.54, 1.807) is 19.9 Å². The maximum absolute atomic E-state index is 14.8. The number of hydrogen-bond acceptors (Lipinski definition) is 7. The van der Waals surface area contributed by atoms with Crippen LogP contribution in [0, 0.1) is 46.3 Å². The van der Waals surface area contributed by atoms with E-state index in [0.29, 0.717) is 24.8 Å². The first-order valence-corrected chi connectivity index (χ1v) is 16.2. The zero-order chi connectivity index (χ0) is 36.3. The Kier molecular flexibility index (Phi) is 6.03. The van der Waals surface area contributed by atoms with Crippen LogP contribution in [-0.2, 0) is 28.6 Å². The smallest absolute Gasteiger partial charge is 0.309 e. The molecule has 43 heavy (non-hydrogen) atoms. The third kappa shape index (κ3) is 4.49. The minimum atomic E-state index is -3.37. The predicted octanol–water partition coefficient (Wildman–Crippen LogP) is 6.12. The van der Waals surface area contributed by atoms with Gasteiger partial charge in [-0.05, 0) is 81.7 Å². The zero-order valence-electron chi connectivity index (χ0n) is 32.5. The number of ether oxygens (including phenoxy) is 3. The monoisotopic (exact) mass is 602 g/mol. The number of rotatable bonds is 6. The van der Waals surface area contributed by atoms with E-state index in [1.807, 2.05) is 13.0 Å². The van der Waals surface area contributed by atoms with Gasteiger partial charge >= 0.3 is 5.97 Å². The molecule has 6 aliphatic rings. The molecule has 5 fully saturated rings. The van der Waals surface area contributed by atoms with Crippen LogP contribution >= 0.6 is 0 Å². The summed E-state index contributed by atoms with van der Waals surface area (Å²) in [5, 5.41) is 12.6. The summed E-state index contributed by atoms with van der Waals surface area (Å²) in [7, 11) is 0. The van der Waals surface area contributed by atoms with Crippen LogP contribution in [-0.4, -0.2) is 52.8 Å². The molecule has 0 aromatic carbocycles. The van der Waals surface area contributed by atoms with Gasteiger partial charge in [0, 0.05) is 30.9 Å². The summed E-state index contributed by atoms with van der Waals surface area (Å²) in [6.45, 7) is 6.35. The van der Waals surface area contributed by atoms with Crippen molar-refractivity contribution < 1.29 is 41.9 Å². The molecule has 5 aliphatic carbocycles. The van der Waals surface area contributed by atoms with Gasteiger partial charge in [0.15, 0.2) is 24.3 Å². The van der Waals surface area contributed by atoms with Crippen molar-refractivity contribution in [2.24, 2.45) is 46.3 Å². The van der Waals surface area contributed by atoms with Crippen LogP contribution in [0.15, 0.2) is 23.3 Å². The van der Waals surface area contributed by atoms with Crippen molar-refractivity contribution in [1.82, 2.24) is 0 Å². The first-order valence-electron chi connectivity index (χ1n) is 19.2. The number of carbonyl (C=O) groups excluding carboxylic acids is 3. The number of aliphatic hydroxyl groups is 1. The lowest BCUT2D eigenvalue weighted by Crippen LogP contribution is -2.67.